The lowest BCUT2D eigenvalue weighted by atomic mass is 9.94. The summed E-state index contributed by atoms with van der Waals surface area (Å²) in [5.41, 5.74) is 0. The second-order valence-electron chi connectivity index (χ2n) is 8.17. The Morgan fingerprint density at radius 1 is 1.12 bits per heavy atom. The summed E-state index contributed by atoms with van der Waals surface area (Å²) in [4.78, 5) is 28.9. The van der Waals surface area contributed by atoms with E-state index in [1.165, 1.54) is 39.2 Å². The van der Waals surface area contributed by atoms with Crippen LogP contribution in [-0.4, -0.2) is 67.2 Å². The Balaban J connectivity index is 1.60. The van der Waals surface area contributed by atoms with Gasteiger partial charge in [-0.3, -0.25) is 4.79 Å². The molecule has 6 nitrogen and oxygen atoms in total. The molecule has 0 bridgehead atoms. The number of carbonyl (C=O) groups is 2. The number of nitrogens with zero attached hydrogens (tertiary/aromatic N) is 2. The fraction of sp³-hybridized carbons (Fsp3) is 0.900. The van der Waals surface area contributed by atoms with Crippen LogP contribution in [0.1, 0.15) is 64.2 Å². The van der Waals surface area contributed by atoms with Crippen LogP contribution in [-0.2, 0) is 9.53 Å². The Morgan fingerprint density at radius 3 is 2.54 bits per heavy atom. The summed E-state index contributed by atoms with van der Waals surface area (Å²) in [6.45, 7) is 3.81. The van der Waals surface area contributed by atoms with Gasteiger partial charge in [0.05, 0.1) is 13.2 Å². The molecule has 26 heavy (non-hydrogen) atoms. The number of nitrogens with one attached hydrogen (secondary N) is 1. The van der Waals surface area contributed by atoms with Crippen LogP contribution < -0.4 is 5.32 Å². The van der Waals surface area contributed by atoms with Gasteiger partial charge in [0.2, 0.25) is 0 Å². The van der Waals surface area contributed by atoms with E-state index in [1.54, 1.807) is 0 Å². The molecule has 0 aromatic carbocycles. The molecule has 1 aliphatic carbocycles. The Bertz CT molecular complexity index is 473. The Labute approximate surface area is 157 Å². The van der Waals surface area contributed by atoms with Gasteiger partial charge in [0.1, 0.15) is 0 Å². The summed E-state index contributed by atoms with van der Waals surface area (Å²) in [6, 6.07) is 0.770. The molecule has 1 saturated carbocycles. The van der Waals surface area contributed by atoms with Crippen molar-refractivity contribution in [3.8, 4) is 0 Å². The van der Waals surface area contributed by atoms with Crippen molar-refractivity contribution >= 4 is 12.0 Å². The first-order valence-electron chi connectivity index (χ1n) is 10.5. The van der Waals surface area contributed by atoms with Crippen LogP contribution in [0.3, 0.4) is 0 Å². The molecule has 3 rings (SSSR count). The van der Waals surface area contributed by atoms with E-state index in [0.29, 0.717) is 24.8 Å². The lowest BCUT2D eigenvalue weighted by Crippen LogP contribution is -2.41. The maximum atomic E-state index is 13.1. The Kier molecular flexibility index (Phi) is 7.17. The van der Waals surface area contributed by atoms with Gasteiger partial charge in [-0.1, -0.05) is 19.3 Å². The maximum Gasteiger partial charge on any atom is 0.320 e. The molecule has 2 aliphatic heterocycles. The second-order valence-corrected chi connectivity index (χ2v) is 8.17. The van der Waals surface area contributed by atoms with E-state index >= 15 is 0 Å². The van der Waals surface area contributed by atoms with Crippen molar-refractivity contribution in [1.82, 2.24) is 15.1 Å². The fourth-order valence-electron chi connectivity index (χ4n) is 4.83. The molecular weight excluding hydrogens is 330 g/mol. The minimum Gasteiger partial charge on any atom is -0.469 e. The molecule has 0 aromatic rings. The molecule has 2 amide bonds. The lowest BCUT2D eigenvalue weighted by molar-refractivity contribution is -0.140. The average molecular weight is 366 g/mol. The molecule has 1 N–H and O–H groups in total. The summed E-state index contributed by atoms with van der Waals surface area (Å²) in [7, 11) is 1.44. The number of carbonyl (C=O) groups excluding carboxylic acids is 2. The number of rotatable bonds is 7. The van der Waals surface area contributed by atoms with Crippen LogP contribution in [0.5, 0.6) is 0 Å². The molecule has 0 radical (unpaired) electrons. The van der Waals surface area contributed by atoms with E-state index in [9.17, 15) is 9.59 Å². The average Bonchev–Trinajstić information content (AvgIpc) is 3.01. The number of esters is 1. The van der Waals surface area contributed by atoms with Crippen LogP contribution in [0.15, 0.2) is 0 Å². The topological polar surface area (TPSA) is 61.9 Å². The summed E-state index contributed by atoms with van der Waals surface area (Å²) in [5, 5.41) is 3.41. The maximum absolute atomic E-state index is 13.1. The van der Waals surface area contributed by atoms with Gasteiger partial charge in [-0.15, -0.1) is 0 Å². The minimum atomic E-state index is -0.174. The Hall–Kier alpha value is -1.30. The van der Waals surface area contributed by atoms with Gasteiger partial charge < -0.3 is 19.9 Å². The van der Waals surface area contributed by atoms with Crippen molar-refractivity contribution in [1.29, 1.82) is 0 Å². The van der Waals surface area contributed by atoms with Crippen LogP contribution in [0.2, 0.25) is 0 Å². The van der Waals surface area contributed by atoms with E-state index in [0.717, 1.165) is 45.4 Å². The zero-order chi connectivity index (χ0) is 18.4. The molecule has 6 heteroatoms. The third-order valence-corrected chi connectivity index (χ3v) is 6.50. The number of amides is 2. The number of ether oxygens (including phenoxy) is 1. The smallest absolute Gasteiger partial charge is 0.320 e. The van der Waals surface area contributed by atoms with Crippen LogP contribution >= 0.6 is 0 Å². The van der Waals surface area contributed by atoms with Crippen LogP contribution in [0.25, 0.3) is 0 Å². The first-order valence-corrected chi connectivity index (χ1v) is 10.5. The monoisotopic (exact) mass is 365 g/mol. The molecule has 0 aromatic heterocycles. The number of piperidine rings is 1. The summed E-state index contributed by atoms with van der Waals surface area (Å²) >= 11 is 0. The SMILES string of the molecule is COC(=O)CCC1CN(C2CCCCC2)C(=O)N1CCC1CCNCC1. The van der Waals surface area contributed by atoms with E-state index in [-0.39, 0.29) is 18.0 Å². The normalized spacial score (nSPS) is 25.7. The van der Waals surface area contributed by atoms with Gasteiger partial charge in [-0.25, -0.2) is 4.79 Å². The summed E-state index contributed by atoms with van der Waals surface area (Å²) in [5.74, 6) is 0.543. The highest BCUT2D eigenvalue weighted by atomic mass is 16.5. The van der Waals surface area contributed by atoms with Crippen LogP contribution in [0.4, 0.5) is 4.79 Å². The van der Waals surface area contributed by atoms with Crippen molar-refractivity contribution in [2.75, 3.05) is 33.3 Å². The predicted molar refractivity (Wildman–Crippen MR) is 101 cm³/mol. The molecule has 148 valence electrons. The highest BCUT2D eigenvalue weighted by Gasteiger charge is 2.40. The van der Waals surface area contributed by atoms with Crippen molar-refractivity contribution in [3.63, 3.8) is 0 Å². The first-order chi connectivity index (χ1) is 12.7. The number of hydrogen-bond acceptors (Lipinski definition) is 4. The second kappa shape index (κ2) is 9.58. The van der Waals surface area contributed by atoms with E-state index in [4.69, 9.17) is 4.74 Å². The molecule has 0 spiro atoms. The standard InChI is InChI=1S/C20H35N3O3/c1-26-19(24)8-7-18-15-23(17-5-3-2-4-6-17)20(25)22(18)14-11-16-9-12-21-13-10-16/h16-18,21H,2-15H2,1H3. The van der Waals surface area contributed by atoms with Gasteiger partial charge in [0, 0.05) is 25.6 Å². The quantitative estimate of drug-likeness (QED) is 0.705. The molecule has 1 atom stereocenters. The molecular formula is C20H35N3O3. The van der Waals surface area contributed by atoms with Gasteiger partial charge in [0.15, 0.2) is 0 Å². The third-order valence-electron chi connectivity index (χ3n) is 6.50. The van der Waals surface area contributed by atoms with Crippen molar-refractivity contribution < 1.29 is 14.3 Å². The zero-order valence-corrected chi connectivity index (χ0v) is 16.3. The predicted octanol–water partition coefficient (Wildman–Crippen LogP) is 2.77. The number of urea groups is 1. The summed E-state index contributed by atoms with van der Waals surface area (Å²) < 4.78 is 4.81. The van der Waals surface area contributed by atoms with Gasteiger partial charge in [-0.05, 0) is 57.5 Å². The largest absolute Gasteiger partial charge is 0.469 e. The molecule has 3 fully saturated rings. The molecule has 3 aliphatic rings. The molecule has 2 saturated heterocycles. The lowest BCUT2D eigenvalue weighted by Gasteiger charge is -2.31. The van der Waals surface area contributed by atoms with E-state index in [1.807, 2.05) is 0 Å². The molecule has 1 unspecified atom stereocenters. The Morgan fingerprint density at radius 2 is 1.85 bits per heavy atom. The third kappa shape index (κ3) is 4.90. The summed E-state index contributed by atoms with van der Waals surface area (Å²) in [6.07, 6.45) is 10.7. The minimum absolute atomic E-state index is 0.158. The number of methoxy groups -OCH3 is 1. The zero-order valence-electron chi connectivity index (χ0n) is 16.3. The van der Waals surface area contributed by atoms with Gasteiger partial charge in [0.25, 0.3) is 0 Å². The first kappa shape index (κ1) is 19.5. The van der Waals surface area contributed by atoms with Crippen molar-refractivity contribution in [3.05, 3.63) is 0 Å². The van der Waals surface area contributed by atoms with E-state index in [2.05, 4.69) is 15.1 Å². The van der Waals surface area contributed by atoms with Gasteiger partial charge >= 0.3 is 12.0 Å². The number of hydrogen-bond donors (Lipinski definition) is 1. The van der Waals surface area contributed by atoms with Crippen LogP contribution in [0, 0.1) is 5.92 Å². The van der Waals surface area contributed by atoms with Gasteiger partial charge in [-0.2, -0.15) is 0 Å². The van der Waals surface area contributed by atoms with Crippen molar-refractivity contribution in [2.24, 2.45) is 5.92 Å². The highest BCUT2D eigenvalue weighted by molar-refractivity contribution is 5.78. The fourth-order valence-corrected chi connectivity index (χ4v) is 4.83. The molecule has 2 heterocycles. The van der Waals surface area contributed by atoms with Crippen molar-refractivity contribution in [2.45, 2.75) is 76.3 Å². The highest BCUT2D eigenvalue weighted by Crippen LogP contribution is 2.30. The van der Waals surface area contributed by atoms with E-state index < -0.39 is 0 Å².